The topological polar surface area (TPSA) is 58.2 Å². The van der Waals surface area contributed by atoms with Crippen LogP contribution in [0, 0.1) is 0 Å². The molecule has 2 N–H and O–H groups in total. The molecule has 0 saturated heterocycles. The monoisotopic (exact) mass is 276 g/mol. The summed E-state index contributed by atoms with van der Waals surface area (Å²) < 4.78 is 0.742. The van der Waals surface area contributed by atoms with Crippen LogP contribution in [0.5, 0.6) is 0 Å². The van der Waals surface area contributed by atoms with E-state index >= 15 is 0 Å². The van der Waals surface area contributed by atoms with E-state index in [0.29, 0.717) is 10.6 Å². The van der Waals surface area contributed by atoms with E-state index in [1.807, 2.05) is 0 Å². The van der Waals surface area contributed by atoms with Gasteiger partial charge < -0.3 is 10.6 Å². The molecule has 0 aliphatic heterocycles. The van der Waals surface area contributed by atoms with E-state index in [0.717, 1.165) is 3.79 Å². The minimum Gasteiger partial charge on any atom is -0.354 e. The van der Waals surface area contributed by atoms with Crippen LogP contribution >= 0.6 is 27.3 Å². The first kappa shape index (κ1) is 11.2. The van der Waals surface area contributed by atoms with E-state index in [1.54, 1.807) is 13.1 Å². The van der Waals surface area contributed by atoms with Gasteiger partial charge in [-0.25, -0.2) is 0 Å². The number of amides is 2. The largest absolute Gasteiger partial charge is 0.354 e. The Kier molecular flexibility index (Phi) is 3.65. The molecule has 14 heavy (non-hydrogen) atoms. The fourth-order valence-corrected chi connectivity index (χ4v) is 2.40. The molecule has 1 heterocycles. The van der Waals surface area contributed by atoms with E-state index in [9.17, 15) is 9.59 Å². The van der Waals surface area contributed by atoms with Crippen molar-refractivity contribution in [1.82, 2.24) is 5.32 Å². The summed E-state index contributed by atoms with van der Waals surface area (Å²) in [5, 5.41) is 5.13. The van der Waals surface area contributed by atoms with Gasteiger partial charge in [0.15, 0.2) is 0 Å². The molecule has 1 aromatic rings. The molecule has 4 nitrogen and oxygen atoms in total. The Labute approximate surface area is 93.8 Å². The average Bonchev–Trinajstić information content (AvgIpc) is 2.46. The molecule has 0 aliphatic carbocycles. The zero-order valence-corrected chi connectivity index (χ0v) is 10.1. The first-order valence-corrected chi connectivity index (χ1v) is 5.44. The predicted octanol–water partition coefficient (Wildman–Crippen LogP) is 1.83. The second-order valence-corrected chi connectivity index (χ2v) is 4.93. The number of rotatable bonds is 2. The molecule has 0 bridgehead atoms. The highest BCUT2D eigenvalue weighted by Gasteiger charge is 2.12. The van der Waals surface area contributed by atoms with Crippen LogP contribution in [-0.4, -0.2) is 18.9 Å². The van der Waals surface area contributed by atoms with Gasteiger partial charge in [0.2, 0.25) is 5.91 Å². The van der Waals surface area contributed by atoms with Crippen LogP contribution in [0.25, 0.3) is 0 Å². The van der Waals surface area contributed by atoms with E-state index < -0.39 is 0 Å². The summed E-state index contributed by atoms with van der Waals surface area (Å²) in [6, 6.07) is 1.63. The minimum absolute atomic E-state index is 0.160. The van der Waals surface area contributed by atoms with Gasteiger partial charge in [-0.3, -0.25) is 9.59 Å². The van der Waals surface area contributed by atoms with Gasteiger partial charge in [0.1, 0.15) is 0 Å². The zero-order valence-electron chi connectivity index (χ0n) is 7.68. The van der Waals surface area contributed by atoms with Crippen LogP contribution in [0.1, 0.15) is 16.6 Å². The van der Waals surface area contributed by atoms with Crippen LogP contribution in [0.15, 0.2) is 9.85 Å². The number of carbonyl (C=O) groups is 2. The van der Waals surface area contributed by atoms with Crippen LogP contribution < -0.4 is 10.6 Å². The Hall–Kier alpha value is -0.880. The van der Waals surface area contributed by atoms with Gasteiger partial charge in [0.25, 0.3) is 5.91 Å². The molecule has 0 aliphatic rings. The van der Waals surface area contributed by atoms with Gasteiger partial charge in [-0.15, -0.1) is 11.3 Å². The molecule has 0 aromatic carbocycles. The zero-order chi connectivity index (χ0) is 10.7. The van der Waals surface area contributed by atoms with Crippen molar-refractivity contribution in [1.29, 1.82) is 0 Å². The Morgan fingerprint density at radius 1 is 1.50 bits per heavy atom. The number of hydrogen-bond acceptors (Lipinski definition) is 3. The smallest absolute Gasteiger partial charge is 0.261 e. The summed E-state index contributed by atoms with van der Waals surface area (Å²) in [6.45, 7) is 1.42. The molecule has 0 atom stereocenters. The van der Waals surface area contributed by atoms with Crippen LogP contribution in [0.2, 0.25) is 0 Å². The number of halogens is 1. The van der Waals surface area contributed by atoms with E-state index in [-0.39, 0.29) is 11.8 Å². The Morgan fingerprint density at radius 2 is 2.14 bits per heavy atom. The Morgan fingerprint density at radius 3 is 2.64 bits per heavy atom. The van der Waals surface area contributed by atoms with Crippen molar-refractivity contribution >= 4 is 44.8 Å². The van der Waals surface area contributed by atoms with Gasteiger partial charge in [0.05, 0.1) is 14.4 Å². The molecule has 0 saturated carbocycles. The Balaban J connectivity index is 2.93. The molecule has 0 fully saturated rings. The van der Waals surface area contributed by atoms with Crippen molar-refractivity contribution in [2.24, 2.45) is 0 Å². The van der Waals surface area contributed by atoms with Crippen molar-refractivity contribution in [3.05, 3.63) is 14.7 Å². The molecule has 1 rings (SSSR count). The Bertz CT molecular complexity index is 375. The van der Waals surface area contributed by atoms with Crippen molar-refractivity contribution in [3.63, 3.8) is 0 Å². The third-order valence-corrected chi connectivity index (χ3v) is 3.28. The van der Waals surface area contributed by atoms with E-state index in [4.69, 9.17) is 0 Å². The SMILES string of the molecule is CNC(=O)c1cc(NC(C)=O)c(Br)s1. The third kappa shape index (κ3) is 2.55. The minimum atomic E-state index is -0.160. The molecule has 1 aromatic heterocycles. The summed E-state index contributed by atoms with van der Waals surface area (Å²) in [5.41, 5.74) is 0.626. The summed E-state index contributed by atoms with van der Waals surface area (Å²) in [4.78, 5) is 22.6. The van der Waals surface area contributed by atoms with Gasteiger partial charge in [-0.05, 0) is 22.0 Å². The van der Waals surface area contributed by atoms with Crippen LogP contribution in [0.4, 0.5) is 5.69 Å². The molecule has 0 radical (unpaired) electrons. The summed E-state index contributed by atoms with van der Waals surface area (Å²) >= 11 is 4.55. The van der Waals surface area contributed by atoms with Gasteiger partial charge >= 0.3 is 0 Å². The highest BCUT2D eigenvalue weighted by Crippen LogP contribution is 2.32. The van der Waals surface area contributed by atoms with Gasteiger partial charge in [-0.1, -0.05) is 0 Å². The fourth-order valence-electron chi connectivity index (χ4n) is 0.879. The normalized spacial score (nSPS) is 9.64. The standard InChI is InChI=1S/C8H9BrN2O2S/c1-4(12)11-5-3-6(8(13)10-2)14-7(5)9/h3H,1-2H3,(H,10,13)(H,11,12). The predicted molar refractivity (Wildman–Crippen MR) is 59.7 cm³/mol. The highest BCUT2D eigenvalue weighted by molar-refractivity contribution is 9.11. The van der Waals surface area contributed by atoms with Crippen molar-refractivity contribution < 1.29 is 9.59 Å². The number of thiophene rings is 1. The molecule has 2 amide bonds. The van der Waals surface area contributed by atoms with Crippen LogP contribution in [0.3, 0.4) is 0 Å². The lowest BCUT2D eigenvalue weighted by molar-refractivity contribution is -0.114. The molecule has 0 spiro atoms. The third-order valence-electron chi connectivity index (χ3n) is 1.45. The maximum absolute atomic E-state index is 11.2. The maximum Gasteiger partial charge on any atom is 0.261 e. The second-order valence-electron chi connectivity index (χ2n) is 2.56. The van der Waals surface area contributed by atoms with Crippen LogP contribution in [-0.2, 0) is 4.79 Å². The van der Waals surface area contributed by atoms with Crippen molar-refractivity contribution in [2.45, 2.75) is 6.92 Å². The molecular formula is C8H9BrN2O2S. The van der Waals surface area contributed by atoms with E-state index in [1.165, 1.54) is 18.3 Å². The summed E-state index contributed by atoms with van der Waals surface area (Å²) in [7, 11) is 1.56. The van der Waals surface area contributed by atoms with Gasteiger partial charge in [0, 0.05) is 14.0 Å². The molecule has 76 valence electrons. The number of carbonyl (C=O) groups excluding carboxylic acids is 2. The highest BCUT2D eigenvalue weighted by atomic mass is 79.9. The number of nitrogens with one attached hydrogen (secondary N) is 2. The lowest BCUT2D eigenvalue weighted by Gasteiger charge is -1.96. The summed E-state index contributed by atoms with van der Waals surface area (Å²) in [5.74, 6) is -0.320. The van der Waals surface area contributed by atoms with Crippen molar-refractivity contribution in [3.8, 4) is 0 Å². The lowest BCUT2D eigenvalue weighted by Crippen LogP contribution is -2.16. The second kappa shape index (κ2) is 4.56. The first-order valence-electron chi connectivity index (χ1n) is 3.83. The molecular weight excluding hydrogens is 268 g/mol. The molecule has 6 heteroatoms. The van der Waals surface area contributed by atoms with E-state index in [2.05, 4.69) is 26.6 Å². The maximum atomic E-state index is 11.2. The lowest BCUT2D eigenvalue weighted by atomic mass is 10.4. The quantitative estimate of drug-likeness (QED) is 0.866. The van der Waals surface area contributed by atoms with Gasteiger partial charge in [-0.2, -0.15) is 0 Å². The first-order chi connectivity index (χ1) is 6.54. The fraction of sp³-hybridized carbons (Fsp3) is 0.250. The average molecular weight is 277 g/mol. The van der Waals surface area contributed by atoms with Crippen molar-refractivity contribution in [2.75, 3.05) is 12.4 Å². The summed E-state index contributed by atoms with van der Waals surface area (Å²) in [6.07, 6.45) is 0. The molecule has 0 unspecified atom stereocenters. The number of hydrogen-bond donors (Lipinski definition) is 2. The number of anilines is 1.